The Bertz CT molecular complexity index is 1000. The highest BCUT2D eigenvalue weighted by atomic mass is 32.1. The van der Waals surface area contributed by atoms with Crippen LogP contribution < -0.4 is 15.0 Å². The SMILES string of the molecule is COCc1ccc(C(=O)Nc2nc3c(OC)ncc(N4CCOCC4)c3s2)cc1. The van der Waals surface area contributed by atoms with E-state index in [2.05, 4.69) is 20.2 Å². The van der Waals surface area contributed by atoms with Gasteiger partial charge in [0.05, 0.1) is 43.5 Å². The number of anilines is 2. The number of rotatable bonds is 6. The van der Waals surface area contributed by atoms with Gasteiger partial charge in [-0.25, -0.2) is 9.97 Å². The molecule has 3 heterocycles. The van der Waals surface area contributed by atoms with Crippen LogP contribution in [0.1, 0.15) is 15.9 Å². The standard InChI is InChI=1S/C20H22N4O4S/c1-26-12-13-3-5-14(6-4-13)18(25)23-20-22-16-17(29-20)15(11-21-19(16)27-2)24-7-9-28-10-8-24/h3-6,11H,7-10,12H2,1-2H3,(H,22,23,25). The van der Waals surface area contributed by atoms with Crippen LogP contribution in [0.5, 0.6) is 5.88 Å². The Morgan fingerprint density at radius 1 is 1.24 bits per heavy atom. The first-order chi connectivity index (χ1) is 14.2. The largest absolute Gasteiger partial charge is 0.479 e. The van der Waals surface area contributed by atoms with Gasteiger partial charge in [0.2, 0.25) is 5.88 Å². The van der Waals surface area contributed by atoms with E-state index in [1.165, 1.54) is 11.3 Å². The predicted octanol–water partition coefficient (Wildman–Crippen LogP) is 2.94. The smallest absolute Gasteiger partial charge is 0.257 e. The topological polar surface area (TPSA) is 85.8 Å². The summed E-state index contributed by atoms with van der Waals surface area (Å²) in [7, 11) is 3.21. The average Bonchev–Trinajstić information content (AvgIpc) is 3.18. The normalized spacial score (nSPS) is 14.2. The Labute approximate surface area is 172 Å². The molecule has 0 bridgehead atoms. The Balaban J connectivity index is 1.61. The highest BCUT2D eigenvalue weighted by Crippen LogP contribution is 2.38. The molecule has 1 aliphatic heterocycles. The summed E-state index contributed by atoms with van der Waals surface area (Å²) in [4.78, 5) is 23.8. The van der Waals surface area contributed by atoms with Gasteiger partial charge in [-0.3, -0.25) is 10.1 Å². The Morgan fingerprint density at radius 3 is 2.69 bits per heavy atom. The number of hydrogen-bond donors (Lipinski definition) is 1. The van der Waals surface area contributed by atoms with Crippen molar-refractivity contribution in [3.63, 3.8) is 0 Å². The first-order valence-electron chi connectivity index (χ1n) is 9.25. The summed E-state index contributed by atoms with van der Waals surface area (Å²) in [5.74, 6) is 0.227. The molecular formula is C20H22N4O4S. The third-order valence-corrected chi connectivity index (χ3v) is 5.65. The number of thiazole rings is 1. The molecular weight excluding hydrogens is 392 g/mol. The van der Waals surface area contributed by atoms with Crippen molar-refractivity contribution >= 4 is 38.3 Å². The van der Waals surface area contributed by atoms with Crippen LogP contribution in [0, 0.1) is 0 Å². The molecule has 0 saturated carbocycles. The van der Waals surface area contributed by atoms with Crippen LogP contribution >= 0.6 is 11.3 Å². The fourth-order valence-electron chi connectivity index (χ4n) is 3.20. The van der Waals surface area contributed by atoms with Crippen LogP contribution in [0.3, 0.4) is 0 Å². The number of morpholine rings is 1. The molecule has 1 aliphatic rings. The summed E-state index contributed by atoms with van der Waals surface area (Å²) in [5, 5.41) is 3.40. The number of nitrogens with zero attached hydrogens (tertiary/aromatic N) is 3. The number of carbonyl (C=O) groups is 1. The number of aromatic nitrogens is 2. The zero-order chi connectivity index (χ0) is 20.2. The third-order valence-electron chi connectivity index (χ3n) is 4.66. The van der Waals surface area contributed by atoms with Crippen LogP contribution in [0.25, 0.3) is 10.2 Å². The average molecular weight is 414 g/mol. The molecule has 0 atom stereocenters. The van der Waals surface area contributed by atoms with Crippen molar-refractivity contribution < 1.29 is 19.0 Å². The van der Waals surface area contributed by atoms with Gasteiger partial charge in [-0.15, -0.1) is 0 Å². The molecule has 0 spiro atoms. The number of hydrogen-bond acceptors (Lipinski definition) is 8. The summed E-state index contributed by atoms with van der Waals surface area (Å²) in [6, 6.07) is 7.30. The van der Waals surface area contributed by atoms with Gasteiger partial charge >= 0.3 is 0 Å². The van der Waals surface area contributed by atoms with Crippen molar-refractivity contribution in [1.82, 2.24) is 9.97 Å². The van der Waals surface area contributed by atoms with Gasteiger partial charge in [0.25, 0.3) is 5.91 Å². The fourth-order valence-corrected chi connectivity index (χ4v) is 4.19. The number of benzene rings is 1. The lowest BCUT2D eigenvalue weighted by Crippen LogP contribution is -2.36. The molecule has 8 nitrogen and oxygen atoms in total. The summed E-state index contributed by atoms with van der Waals surface area (Å²) >= 11 is 1.42. The molecule has 9 heteroatoms. The van der Waals surface area contributed by atoms with Gasteiger partial charge < -0.3 is 19.1 Å². The van der Waals surface area contributed by atoms with E-state index in [0.29, 0.717) is 41.9 Å². The molecule has 2 aromatic heterocycles. The molecule has 0 unspecified atom stereocenters. The fraction of sp³-hybridized carbons (Fsp3) is 0.350. The predicted molar refractivity (Wildman–Crippen MR) is 112 cm³/mol. The van der Waals surface area contributed by atoms with Crippen LogP contribution in [0.15, 0.2) is 30.5 Å². The molecule has 152 valence electrons. The number of methoxy groups -OCH3 is 2. The van der Waals surface area contributed by atoms with Crippen LogP contribution in [-0.2, 0) is 16.1 Å². The van der Waals surface area contributed by atoms with Gasteiger partial charge in [-0.1, -0.05) is 23.5 Å². The van der Waals surface area contributed by atoms with Crippen molar-refractivity contribution in [2.45, 2.75) is 6.61 Å². The van der Waals surface area contributed by atoms with Gasteiger partial charge in [-0.2, -0.15) is 0 Å². The van der Waals surface area contributed by atoms with E-state index in [9.17, 15) is 4.79 Å². The van der Waals surface area contributed by atoms with E-state index in [0.717, 1.165) is 29.0 Å². The summed E-state index contributed by atoms with van der Waals surface area (Å²) < 4.78 is 16.9. The van der Waals surface area contributed by atoms with Crippen molar-refractivity contribution in [3.8, 4) is 5.88 Å². The minimum atomic E-state index is -0.215. The van der Waals surface area contributed by atoms with Gasteiger partial charge in [0, 0.05) is 25.8 Å². The lowest BCUT2D eigenvalue weighted by molar-refractivity contribution is 0.102. The van der Waals surface area contributed by atoms with E-state index in [1.807, 2.05) is 12.1 Å². The minimum Gasteiger partial charge on any atom is -0.479 e. The van der Waals surface area contributed by atoms with Gasteiger partial charge in [0.15, 0.2) is 5.13 Å². The van der Waals surface area contributed by atoms with E-state index < -0.39 is 0 Å². The Morgan fingerprint density at radius 2 is 2.00 bits per heavy atom. The minimum absolute atomic E-state index is 0.215. The van der Waals surface area contributed by atoms with E-state index in [-0.39, 0.29) is 5.91 Å². The lowest BCUT2D eigenvalue weighted by Gasteiger charge is -2.28. The molecule has 4 rings (SSSR count). The monoisotopic (exact) mass is 414 g/mol. The third kappa shape index (κ3) is 4.16. The molecule has 1 aromatic carbocycles. The van der Waals surface area contributed by atoms with Gasteiger partial charge in [-0.05, 0) is 17.7 Å². The second-order valence-corrected chi connectivity index (χ2v) is 7.53. The lowest BCUT2D eigenvalue weighted by atomic mass is 10.1. The van der Waals surface area contributed by atoms with Gasteiger partial charge in [0.1, 0.15) is 5.52 Å². The highest BCUT2D eigenvalue weighted by molar-refractivity contribution is 7.23. The van der Waals surface area contributed by atoms with Crippen LogP contribution in [-0.4, -0.2) is 56.4 Å². The number of nitrogens with one attached hydrogen (secondary N) is 1. The van der Waals surface area contributed by atoms with Crippen LogP contribution in [0.4, 0.5) is 10.8 Å². The second-order valence-electron chi connectivity index (χ2n) is 6.53. The number of carbonyl (C=O) groups excluding carboxylic acids is 1. The number of fused-ring (bicyclic) bond motifs is 1. The van der Waals surface area contributed by atoms with Crippen molar-refractivity contribution in [1.29, 1.82) is 0 Å². The van der Waals surface area contributed by atoms with E-state index in [4.69, 9.17) is 14.2 Å². The second kappa shape index (κ2) is 8.73. The van der Waals surface area contributed by atoms with Crippen molar-refractivity contribution in [2.24, 2.45) is 0 Å². The Kier molecular flexibility index (Phi) is 5.89. The number of pyridine rings is 1. The maximum atomic E-state index is 12.7. The first-order valence-corrected chi connectivity index (χ1v) is 10.1. The molecule has 1 amide bonds. The molecule has 1 N–H and O–H groups in total. The van der Waals surface area contributed by atoms with E-state index in [1.54, 1.807) is 32.5 Å². The first kappa shape index (κ1) is 19.6. The number of amides is 1. The molecule has 0 aliphatic carbocycles. The molecule has 29 heavy (non-hydrogen) atoms. The maximum absolute atomic E-state index is 12.7. The summed E-state index contributed by atoms with van der Waals surface area (Å²) in [6.45, 7) is 3.44. The van der Waals surface area contributed by atoms with Crippen molar-refractivity contribution in [3.05, 3.63) is 41.6 Å². The summed E-state index contributed by atoms with van der Waals surface area (Å²) in [5.41, 5.74) is 3.19. The molecule has 0 radical (unpaired) electrons. The maximum Gasteiger partial charge on any atom is 0.257 e. The summed E-state index contributed by atoms with van der Waals surface area (Å²) in [6.07, 6.45) is 1.80. The zero-order valence-corrected chi connectivity index (χ0v) is 17.1. The van der Waals surface area contributed by atoms with Crippen LogP contribution in [0.2, 0.25) is 0 Å². The zero-order valence-electron chi connectivity index (χ0n) is 16.3. The van der Waals surface area contributed by atoms with Crippen molar-refractivity contribution in [2.75, 3.05) is 50.7 Å². The highest BCUT2D eigenvalue weighted by Gasteiger charge is 2.21. The molecule has 3 aromatic rings. The van der Waals surface area contributed by atoms with E-state index >= 15 is 0 Å². The number of ether oxygens (including phenoxy) is 3. The quantitative estimate of drug-likeness (QED) is 0.664. The molecule has 1 fully saturated rings. The Hall–Kier alpha value is -2.75. The molecule has 1 saturated heterocycles.